The van der Waals surface area contributed by atoms with Crippen LogP contribution in [0.1, 0.15) is 16.2 Å². The van der Waals surface area contributed by atoms with Gasteiger partial charge in [0.1, 0.15) is 5.69 Å². The lowest BCUT2D eigenvalue weighted by atomic mass is 10.3. The zero-order valence-corrected chi connectivity index (χ0v) is 10.2. The Labute approximate surface area is 103 Å². The normalized spacial score (nSPS) is 11.7. The molecular formula is C9H11N5O3P+. The third-order valence-corrected chi connectivity index (χ3v) is 2.83. The Bertz CT molecular complexity index is 611. The van der Waals surface area contributed by atoms with Gasteiger partial charge in [-0.3, -0.25) is 9.20 Å². The van der Waals surface area contributed by atoms with Crippen LogP contribution in [-0.2, 0) is 11.0 Å². The lowest BCUT2D eigenvalue weighted by molar-refractivity contribution is 0.0996. The van der Waals surface area contributed by atoms with Gasteiger partial charge in [-0.15, -0.1) is 4.89 Å². The Morgan fingerprint density at radius 1 is 1.61 bits per heavy atom. The monoisotopic (exact) mass is 268 g/mol. The second-order valence-corrected chi connectivity index (χ2v) is 4.39. The van der Waals surface area contributed by atoms with E-state index in [1.54, 1.807) is 16.7 Å². The van der Waals surface area contributed by atoms with Crippen LogP contribution in [-0.4, -0.2) is 31.7 Å². The van der Waals surface area contributed by atoms with Crippen molar-refractivity contribution in [1.29, 1.82) is 0 Å². The van der Waals surface area contributed by atoms with E-state index in [2.05, 4.69) is 15.1 Å². The number of primary amides is 1. The van der Waals surface area contributed by atoms with Gasteiger partial charge >= 0.3 is 8.18 Å². The van der Waals surface area contributed by atoms with Crippen LogP contribution in [0.4, 0.5) is 0 Å². The van der Waals surface area contributed by atoms with Gasteiger partial charge in [-0.2, -0.15) is 0 Å². The Kier molecular flexibility index (Phi) is 3.61. The van der Waals surface area contributed by atoms with Crippen molar-refractivity contribution < 1.29 is 14.3 Å². The second-order valence-electron chi connectivity index (χ2n) is 3.53. The number of nitrogens with one attached hydrogen (secondary N) is 1. The summed E-state index contributed by atoms with van der Waals surface area (Å²) < 4.78 is 12.1. The summed E-state index contributed by atoms with van der Waals surface area (Å²) in [7, 11) is -2.36. The number of rotatable bonds is 5. The number of amides is 1. The third kappa shape index (κ3) is 2.67. The quantitative estimate of drug-likeness (QED) is 0.635. The summed E-state index contributed by atoms with van der Waals surface area (Å²) in [5, 5.41) is 2.41. The molecule has 0 saturated heterocycles. The fourth-order valence-corrected chi connectivity index (χ4v) is 1.85. The first-order chi connectivity index (χ1) is 8.58. The van der Waals surface area contributed by atoms with Gasteiger partial charge in [0.15, 0.2) is 0 Å². The molecule has 0 aromatic carbocycles. The van der Waals surface area contributed by atoms with Crippen LogP contribution >= 0.6 is 8.18 Å². The standard InChI is InChI=1S/C9H10N5O3P/c10-8(15)7-5-14-6(2-4-12-18(16)17)1-3-11-9(14)13-7/h1,3,5H,2,4H2,(H3-,10,12,15,16,17)/p+1. The van der Waals surface area contributed by atoms with Crippen LogP contribution in [0.2, 0.25) is 0 Å². The summed E-state index contributed by atoms with van der Waals surface area (Å²) in [5.74, 6) is -0.252. The maximum atomic E-state index is 11.0. The molecule has 2 rings (SSSR count). The topological polar surface area (TPSA) is 123 Å². The number of imidazole rings is 1. The van der Waals surface area contributed by atoms with Crippen molar-refractivity contribution in [2.75, 3.05) is 6.54 Å². The van der Waals surface area contributed by atoms with Gasteiger partial charge in [-0.1, -0.05) is 5.09 Å². The van der Waals surface area contributed by atoms with E-state index in [1.807, 2.05) is 0 Å². The molecule has 0 fully saturated rings. The highest BCUT2D eigenvalue weighted by Gasteiger charge is 2.12. The van der Waals surface area contributed by atoms with Gasteiger partial charge in [-0.25, -0.2) is 9.97 Å². The first-order valence-electron chi connectivity index (χ1n) is 5.10. The lowest BCUT2D eigenvalue weighted by Crippen LogP contribution is -2.11. The molecule has 2 heterocycles. The molecule has 2 aromatic rings. The molecule has 1 atom stereocenters. The summed E-state index contributed by atoms with van der Waals surface area (Å²) >= 11 is 0. The minimum absolute atomic E-state index is 0.135. The molecule has 4 N–H and O–H groups in total. The van der Waals surface area contributed by atoms with E-state index in [0.29, 0.717) is 18.7 Å². The van der Waals surface area contributed by atoms with Crippen molar-refractivity contribution >= 4 is 19.9 Å². The van der Waals surface area contributed by atoms with Gasteiger partial charge in [0, 0.05) is 31.1 Å². The first-order valence-corrected chi connectivity index (χ1v) is 6.31. The Hall–Kier alpha value is -1.89. The molecule has 8 nitrogen and oxygen atoms in total. The van der Waals surface area contributed by atoms with Crippen LogP contribution < -0.4 is 10.8 Å². The average Bonchev–Trinajstić information content (AvgIpc) is 2.73. The molecule has 0 saturated carbocycles. The van der Waals surface area contributed by atoms with Gasteiger partial charge in [0.25, 0.3) is 5.91 Å². The zero-order chi connectivity index (χ0) is 13.1. The van der Waals surface area contributed by atoms with Crippen molar-refractivity contribution in [2.45, 2.75) is 6.42 Å². The number of hydrogen-bond donors (Lipinski definition) is 3. The van der Waals surface area contributed by atoms with Crippen LogP contribution in [0.25, 0.3) is 5.78 Å². The molecule has 2 aromatic heterocycles. The number of hydrogen-bond acceptors (Lipinski definition) is 4. The van der Waals surface area contributed by atoms with E-state index in [-0.39, 0.29) is 5.69 Å². The average molecular weight is 268 g/mol. The highest BCUT2D eigenvalue weighted by Crippen LogP contribution is 2.09. The fraction of sp³-hybridized carbons (Fsp3) is 0.222. The molecule has 18 heavy (non-hydrogen) atoms. The minimum Gasteiger partial charge on any atom is -0.364 e. The SMILES string of the molecule is NC(=O)c1cn2c(CCN[P+](=O)O)ccnc2n1. The summed E-state index contributed by atoms with van der Waals surface area (Å²) in [5.41, 5.74) is 6.09. The van der Waals surface area contributed by atoms with E-state index in [9.17, 15) is 9.36 Å². The molecule has 0 spiro atoms. The van der Waals surface area contributed by atoms with Gasteiger partial charge in [0.05, 0.1) is 0 Å². The minimum atomic E-state index is -2.36. The first kappa shape index (κ1) is 12.6. The maximum absolute atomic E-state index is 11.0. The number of nitrogens with zero attached hydrogens (tertiary/aromatic N) is 3. The smallest absolute Gasteiger partial charge is 0.364 e. The summed E-state index contributed by atoms with van der Waals surface area (Å²) in [4.78, 5) is 27.6. The van der Waals surface area contributed by atoms with E-state index in [1.165, 1.54) is 6.20 Å². The van der Waals surface area contributed by atoms with Crippen LogP contribution in [0.3, 0.4) is 0 Å². The molecule has 0 radical (unpaired) electrons. The van der Waals surface area contributed by atoms with Crippen molar-refractivity contribution in [2.24, 2.45) is 5.73 Å². The summed E-state index contributed by atoms with van der Waals surface area (Å²) in [6.07, 6.45) is 3.55. The van der Waals surface area contributed by atoms with Crippen molar-refractivity contribution in [3.05, 3.63) is 29.8 Å². The van der Waals surface area contributed by atoms with Gasteiger partial charge < -0.3 is 5.73 Å². The Morgan fingerprint density at radius 2 is 2.39 bits per heavy atom. The molecule has 0 aliphatic rings. The predicted octanol–water partition coefficient (Wildman–Crippen LogP) is -0.390. The van der Waals surface area contributed by atoms with Crippen LogP contribution in [0, 0.1) is 0 Å². The summed E-state index contributed by atoms with van der Waals surface area (Å²) in [6, 6.07) is 1.74. The molecule has 0 aliphatic heterocycles. The maximum Gasteiger partial charge on any atom is 0.610 e. The predicted molar refractivity (Wildman–Crippen MR) is 63.0 cm³/mol. The van der Waals surface area contributed by atoms with Crippen molar-refractivity contribution in [1.82, 2.24) is 19.5 Å². The zero-order valence-electron chi connectivity index (χ0n) is 9.28. The lowest BCUT2D eigenvalue weighted by Gasteiger charge is -2.01. The van der Waals surface area contributed by atoms with E-state index in [0.717, 1.165) is 5.69 Å². The molecule has 0 bridgehead atoms. The summed E-state index contributed by atoms with van der Waals surface area (Å²) in [6.45, 7) is 0.328. The molecule has 9 heteroatoms. The third-order valence-electron chi connectivity index (χ3n) is 2.33. The van der Waals surface area contributed by atoms with Crippen LogP contribution in [0.5, 0.6) is 0 Å². The molecule has 0 aliphatic carbocycles. The highest BCUT2D eigenvalue weighted by molar-refractivity contribution is 7.35. The fourth-order valence-electron chi connectivity index (χ4n) is 1.55. The number of aromatic nitrogens is 3. The molecule has 1 unspecified atom stereocenters. The van der Waals surface area contributed by atoms with E-state index in [4.69, 9.17) is 10.6 Å². The van der Waals surface area contributed by atoms with Crippen LogP contribution in [0.15, 0.2) is 18.5 Å². The number of carbonyl (C=O) groups excluding carboxylic acids is 1. The highest BCUT2D eigenvalue weighted by atomic mass is 31.1. The Morgan fingerprint density at radius 3 is 3.06 bits per heavy atom. The molecular weight excluding hydrogens is 257 g/mol. The number of carbonyl (C=O) groups is 1. The molecule has 94 valence electrons. The van der Waals surface area contributed by atoms with Gasteiger partial charge in [-0.05, 0) is 10.6 Å². The van der Waals surface area contributed by atoms with Crippen molar-refractivity contribution in [3.8, 4) is 0 Å². The molecule has 1 amide bonds. The van der Waals surface area contributed by atoms with Crippen molar-refractivity contribution in [3.63, 3.8) is 0 Å². The van der Waals surface area contributed by atoms with Gasteiger partial charge in [0.2, 0.25) is 5.78 Å². The second kappa shape index (κ2) is 5.18. The largest absolute Gasteiger partial charge is 0.610 e. The number of nitrogens with two attached hydrogens (primary N) is 1. The Balaban J connectivity index is 2.27. The van der Waals surface area contributed by atoms with E-state index < -0.39 is 14.1 Å². The van der Waals surface area contributed by atoms with E-state index >= 15 is 0 Å². The number of fused-ring (bicyclic) bond motifs is 1.